The number of aryl methyl sites for hydroxylation is 1. The average Bonchev–Trinajstić information content (AvgIpc) is 2.90. The van der Waals surface area contributed by atoms with Crippen molar-refractivity contribution < 1.29 is 22.7 Å². The van der Waals surface area contributed by atoms with Crippen LogP contribution in [0.2, 0.25) is 5.02 Å². The molecule has 0 saturated heterocycles. The van der Waals surface area contributed by atoms with Crippen LogP contribution in [0.1, 0.15) is 38.8 Å². The van der Waals surface area contributed by atoms with Gasteiger partial charge < -0.3 is 15.0 Å². The van der Waals surface area contributed by atoms with Crippen molar-refractivity contribution >= 4 is 39.1 Å². The summed E-state index contributed by atoms with van der Waals surface area (Å²) in [5.41, 5.74) is 1.50. The maximum Gasteiger partial charge on any atom is 0.264 e. The molecule has 3 rings (SSSR count). The first kappa shape index (κ1) is 31.0. The Labute approximate surface area is 241 Å². The summed E-state index contributed by atoms with van der Waals surface area (Å²) < 4.78 is 33.9. The topological polar surface area (TPSA) is 96.0 Å². The van der Waals surface area contributed by atoms with Crippen molar-refractivity contribution in [3.63, 3.8) is 0 Å². The lowest BCUT2D eigenvalue weighted by molar-refractivity contribution is -0.140. The van der Waals surface area contributed by atoms with Gasteiger partial charge in [-0.15, -0.1) is 0 Å². The minimum absolute atomic E-state index is 0.00879. The fourth-order valence-corrected chi connectivity index (χ4v) is 5.50. The zero-order valence-corrected chi connectivity index (χ0v) is 25.2. The second-order valence-electron chi connectivity index (χ2n) is 10.6. The van der Waals surface area contributed by atoms with Gasteiger partial charge in [-0.25, -0.2) is 8.42 Å². The summed E-state index contributed by atoms with van der Waals surface area (Å²) in [7, 11) is -2.60. The Balaban J connectivity index is 2.02. The molecule has 1 unspecified atom stereocenters. The van der Waals surface area contributed by atoms with E-state index < -0.39 is 34.1 Å². The first-order chi connectivity index (χ1) is 18.7. The third-order valence-corrected chi connectivity index (χ3v) is 8.22. The first-order valence-electron chi connectivity index (χ1n) is 12.8. The molecule has 3 aromatic carbocycles. The Bertz CT molecular complexity index is 1420. The lowest BCUT2D eigenvalue weighted by Gasteiger charge is -2.33. The van der Waals surface area contributed by atoms with Crippen molar-refractivity contribution in [3.05, 3.63) is 88.9 Å². The highest BCUT2D eigenvalue weighted by Gasteiger charge is 2.33. The Kier molecular flexibility index (Phi) is 9.87. The zero-order chi connectivity index (χ0) is 29.7. The number of amides is 2. The van der Waals surface area contributed by atoms with Gasteiger partial charge in [-0.3, -0.25) is 13.9 Å². The van der Waals surface area contributed by atoms with Crippen LogP contribution in [0.25, 0.3) is 0 Å². The van der Waals surface area contributed by atoms with Gasteiger partial charge in [0.25, 0.3) is 10.0 Å². The van der Waals surface area contributed by atoms with Gasteiger partial charge >= 0.3 is 0 Å². The number of hydrogen-bond acceptors (Lipinski definition) is 5. The van der Waals surface area contributed by atoms with Gasteiger partial charge in [-0.05, 0) is 88.7 Å². The molecule has 0 radical (unpaired) electrons. The zero-order valence-electron chi connectivity index (χ0n) is 23.6. The fraction of sp³-hybridized carbons (Fsp3) is 0.333. The van der Waals surface area contributed by atoms with Crippen LogP contribution < -0.4 is 14.4 Å². The maximum absolute atomic E-state index is 14.0. The van der Waals surface area contributed by atoms with Crippen LogP contribution in [0.5, 0.6) is 5.75 Å². The number of methoxy groups -OCH3 is 1. The summed E-state index contributed by atoms with van der Waals surface area (Å²) in [4.78, 5) is 28.5. The van der Waals surface area contributed by atoms with Gasteiger partial charge in [-0.2, -0.15) is 0 Å². The van der Waals surface area contributed by atoms with Crippen LogP contribution in [0.4, 0.5) is 5.69 Å². The van der Waals surface area contributed by atoms with Crippen LogP contribution in [0.15, 0.2) is 77.7 Å². The molecule has 1 atom stereocenters. The molecular formula is C30H36ClN3O5S. The standard InChI is InChI=1S/C30H36ClN3O5S/c1-21-7-13-25(14-8-21)34(40(37,38)27-17-11-24(31)12-18-27)20-28(35)33(22(2)29(36)32-30(3,4)5)19-23-9-15-26(39-6)16-10-23/h7-18,22H,19-20H2,1-6H3,(H,32,36). The average molecular weight is 586 g/mol. The Morgan fingerprint density at radius 2 is 1.52 bits per heavy atom. The van der Waals surface area contributed by atoms with Crippen molar-refractivity contribution in [1.29, 1.82) is 0 Å². The monoisotopic (exact) mass is 585 g/mol. The second-order valence-corrected chi connectivity index (χ2v) is 12.9. The highest BCUT2D eigenvalue weighted by molar-refractivity contribution is 7.92. The lowest BCUT2D eigenvalue weighted by atomic mass is 10.1. The highest BCUT2D eigenvalue weighted by atomic mass is 35.5. The van der Waals surface area contributed by atoms with Crippen LogP contribution >= 0.6 is 11.6 Å². The van der Waals surface area contributed by atoms with Crippen LogP contribution in [-0.4, -0.2) is 50.4 Å². The number of nitrogens with one attached hydrogen (secondary N) is 1. The molecular weight excluding hydrogens is 550 g/mol. The van der Waals surface area contributed by atoms with Crippen molar-refractivity contribution in [2.75, 3.05) is 18.0 Å². The molecule has 2 amide bonds. The van der Waals surface area contributed by atoms with E-state index in [1.165, 1.54) is 29.2 Å². The predicted molar refractivity (Wildman–Crippen MR) is 158 cm³/mol. The van der Waals surface area contributed by atoms with Gasteiger partial charge in [0.15, 0.2) is 0 Å². The number of carbonyl (C=O) groups is 2. The van der Waals surface area contributed by atoms with E-state index in [1.54, 1.807) is 62.6 Å². The van der Waals surface area contributed by atoms with Crippen LogP contribution in [0, 0.1) is 6.92 Å². The number of carbonyl (C=O) groups excluding carboxylic acids is 2. The SMILES string of the molecule is COc1ccc(CN(C(=O)CN(c2ccc(C)cc2)S(=O)(=O)c2ccc(Cl)cc2)C(C)C(=O)NC(C)(C)C)cc1. The molecule has 0 aliphatic carbocycles. The summed E-state index contributed by atoms with van der Waals surface area (Å²) in [6.45, 7) is 8.65. The molecule has 214 valence electrons. The number of hydrogen-bond donors (Lipinski definition) is 1. The number of ether oxygens (including phenoxy) is 1. The molecule has 0 bridgehead atoms. The van der Waals surface area contributed by atoms with Gasteiger partial charge in [0.05, 0.1) is 17.7 Å². The van der Waals surface area contributed by atoms with E-state index in [-0.39, 0.29) is 17.3 Å². The predicted octanol–water partition coefficient (Wildman–Crippen LogP) is 5.18. The number of anilines is 1. The smallest absolute Gasteiger partial charge is 0.264 e. The van der Waals surface area contributed by atoms with Crippen molar-refractivity contribution in [1.82, 2.24) is 10.2 Å². The molecule has 8 nitrogen and oxygen atoms in total. The Morgan fingerprint density at radius 3 is 2.05 bits per heavy atom. The minimum atomic E-state index is -4.16. The summed E-state index contributed by atoms with van der Waals surface area (Å²) in [5, 5.41) is 3.30. The van der Waals surface area contributed by atoms with E-state index >= 15 is 0 Å². The van der Waals surface area contributed by atoms with Crippen LogP contribution in [-0.2, 0) is 26.2 Å². The van der Waals surface area contributed by atoms with E-state index in [9.17, 15) is 18.0 Å². The highest BCUT2D eigenvalue weighted by Crippen LogP contribution is 2.26. The number of sulfonamides is 1. The lowest BCUT2D eigenvalue weighted by Crippen LogP contribution is -2.54. The molecule has 0 heterocycles. The molecule has 40 heavy (non-hydrogen) atoms. The van der Waals surface area contributed by atoms with E-state index in [0.29, 0.717) is 16.5 Å². The van der Waals surface area contributed by atoms with E-state index in [1.807, 2.05) is 27.7 Å². The molecule has 0 aliphatic rings. The largest absolute Gasteiger partial charge is 0.497 e. The summed E-state index contributed by atoms with van der Waals surface area (Å²) in [6.07, 6.45) is 0. The van der Waals surface area contributed by atoms with Gasteiger partial charge in [0.1, 0.15) is 18.3 Å². The molecule has 0 saturated carbocycles. The van der Waals surface area contributed by atoms with E-state index in [4.69, 9.17) is 16.3 Å². The molecule has 1 N–H and O–H groups in total. The third kappa shape index (κ3) is 7.99. The first-order valence-corrected chi connectivity index (χ1v) is 14.6. The minimum Gasteiger partial charge on any atom is -0.497 e. The normalized spacial score (nSPS) is 12.4. The molecule has 0 aromatic heterocycles. The summed E-state index contributed by atoms with van der Waals surface area (Å²) in [6, 6.07) is 18.9. The maximum atomic E-state index is 14.0. The van der Waals surface area contributed by atoms with Gasteiger partial charge in [0, 0.05) is 17.1 Å². The van der Waals surface area contributed by atoms with Gasteiger partial charge in [0.2, 0.25) is 11.8 Å². The third-order valence-electron chi connectivity index (χ3n) is 6.18. The fourth-order valence-electron chi connectivity index (χ4n) is 3.96. The second kappa shape index (κ2) is 12.7. The van der Waals surface area contributed by atoms with Crippen molar-refractivity contribution in [3.8, 4) is 5.75 Å². The van der Waals surface area contributed by atoms with Crippen molar-refractivity contribution in [2.24, 2.45) is 0 Å². The molecule has 0 spiro atoms. The summed E-state index contributed by atoms with van der Waals surface area (Å²) >= 11 is 5.99. The van der Waals surface area contributed by atoms with E-state index in [0.717, 1.165) is 15.4 Å². The molecule has 0 aliphatic heterocycles. The quantitative estimate of drug-likeness (QED) is 0.353. The number of benzene rings is 3. The number of rotatable bonds is 10. The Hall–Kier alpha value is -3.56. The molecule has 10 heteroatoms. The van der Waals surface area contributed by atoms with Crippen molar-refractivity contribution in [2.45, 2.75) is 57.6 Å². The van der Waals surface area contributed by atoms with E-state index in [2.05, 4.69) is 5.32 Å². The number of halogens is 1. The Morgan fingerprint density at radius 1 is 0.950 bits per heavy atom. The summed E-state index contributed by atoms with van der Waals surface area (Å²) in [5.74, 6) is -0.234. The molecule has 3 aromatic rings. The van der Waals surface area contributed by atoms with Gasteiger partial charge in [-0.1, -0.05) is 41.4 Å². The van der Waals surface area contributed by atoms with Crippen LogP contribution in [0.3, 0.4) is 0 Å². The molecule has 0 fully saturated rings. The number of nitrogens with zero attached hydrogens (tertiary/aromatic N) is 2.